The van der Waals surface area contributed by atoms with Crippen molar-refractivity contribution in [2.75, 3.05) is 0 Å². The van der Waals surface area contributed by atoms with Crippen LogP contribution in [0.2, 0.25) is 0 Å². The number of hydrogen-bond donors (Lipinski definition) is 1. The summed E-state index contributed by atoms with van der Waals surface area (Å²) in [6, 6.07) is 0. The van der Waals surface area contributed by atoms with E-state index in [-0.39, 0.29) is 12.4 Å². The molecule has 0 radical (unpaired) electrons. The molecule has 0 atom stereocenters. The van der Waals surface area contributed by atoms with Gasteiger partial charge in [0.1, 0.15) is 0 Å². The van der Waals surface area contributed by atoms with Crippen LogP contribution in [0.4, 0.5) is 0 Å². The number of hydrogen-bond acceptors (Lipinski definition) is 2. The first-order valence-electron chi connectivity index (χ1n) is 1.79. The summed E-state index contributed by atoms with van der Waals surface area (Å²) in [6.07, 6.45) is 2.70. The maximum absolute atomic E-state index is 5.15. The van der Waals surface area contributed by atoms with Gasteiger partial charge in [-0.2, -0.15) is 0 Å². The molecule has 0 heterocycles. The summed E-state index contributed by atoms with van der Waals surface area (Å²) in [5.74, 6) is 0. The van der Waals surface area contributed by atoms with Crippen molar-refractivity contribution < 1.29 is 0 Å². The Hall–Kier alpha value is 0.600. The van der Waals surface area contributed by atoms with Crippen LogP contribution in [0.1, 0.15) is 12.8 Å². The third-order valence-electron chi connectivity index (χ3n) is 0.717. The molecule has 1 saturated carbocycles. The molecule has 1 rings (SSSR count). The lowest BCUT2D eigenvalue weighted by molar-refractivity contribution is 1.50. The van der Waals surface area contributed by atoms with Gasteiger partial charge in [0.2, 0.25) is 0 Å². The fourth-order valence-corrected chi connectivity index (χ4v) is 0.612. The van der Waals surface area contributed by atoms with Gasteiger partial charge in [-0.1, -0.05) is 11.9 Å². The Morgan fingerprint density at radius 1 is 1.50 bits per heavy atom. The van der Waals surface area contributed by atoms with Crippen LogP contribution in [0.5, 0.6) is 0 Å². The molecule has 0 aliphatic heterocycles. The highest BCUT2D eigenvalue weighted by Gasteiger charge is 2.19. The predicted molar refractivity (Wildman–Crippen MR) is 32.0 cm³/mol. The van der Waals surface area contributed by atoms with Crippen LogP contribution >= 0.6 is 24.4 Å². The summed E-state index contributed by atoms with van der Waals surface area (Å²) in [4.78, 5) is 0. The molecule has 0 amide bonds. The van der Waals surface area contributed by atoms with E-state index in [1.807, 2.05) is 0 Å². The fraction of sp³-hybridized carbons (Fsp3) is 1.00. The Labute approximate surface area is 48.2 Å². The van der Waals surface area contributed by atoms with Crippen molar-refractivity contribution in [3.8, 4) is 0 Å². The normalized spacial score (nSPS) is 19.5. The molecular formula is C3H8ClNS. The molecule has 2 N–H and O–H groups in total. The largest absolute Gasteiger partial charge is 0.278 e. The van der Waals surface area contributed by atoms with E-state index in [0.29, 0.717) is 0 Å². The van der Waals surface area contributed by atoms with Gasteiger partial charge in [0, 0.05) is 5.25 Å². The van der Waals surface area contributed by atoms with Crippen LogP contribution in [0.15, 0.2) is 0 Å². The van der Waals surface area contributed by atoms with Gasteiger partial charge in [0.25, 0.3) is 0 Å². The molecule has 1 aliphatic carbocycles. The molecule has 1 aliphatic rings. The molecule has 0 spiro atoms. The number of halogens is 1. The van der Waals surface area contributed by atoms with Crippen LogP contribution in [-0.2, 0) is 0 Å². The van der Waals surface area contributed by atoms with E-state index in [9.17, 15) is 0 Å². The van der Waals surface area contributed by atoms with E-state index in [1.165, 1.54) is 24.8 Å². The lowest BCUT2D eigenvalue weighted by atomic mass is 11.0. The van der Waals surface area contributed by atoms with Gasteiger partial charge in [-0.25, -0.2) is 0 Å². The van der Waals surface area contributed by atoms with E-state index >= 15 is 0 Å². The highest BCUT2D eigenvalue weighted by Crippen LogP contribution is 2.29. The van der Waals surface area contributed by atoms with E-state index in [0.717, 1.165) is 5.25 Å². The highest BCUT2D eigenvalue weighted by atomic mass is 35.5. The van der Waals surface area contributed by atoms with Crippen molar-refractivity contribution in [2.24, 2.45) is 5.14 Å². The quantitative estimate of drug-likeness (QED) is 0.533. The third-order valence-corrected chi connectivity index (χ3v) is 1.57. The zero-order chi connectivity index (χ0) is 3.70. The Morgan fingerprint density at radius 2 is 2.00 bits per heavy atom. The Bertz CT molecular complexity index is 37.8. The molecule has 0 saturated heterocycles. The zero-order valence-electron chi connectivity index (χ0n) is 3.39. The van der Waals surface area contributed by atoms with Crippen molar-refractivity contribution in [3.63, 3.8) is 0 Å². The smallest absolute Gasteiger partial charge is 0.0191 e. The number of nitrogens with two attached hydrogens (primary N) is 1. The van der Waals surface area contributed by atoms with Gasteiger partial charge in [-0.05, 0) is 12.8 Å². The van der Waals surface area contributed by atoms with E-state index in [1.54, 1.807) is 0 Å². The van der Waals surface area contributed by atoms with Crippen molar-refractivity contribution in [1.82, 2.24) is 0 Å². The molecule has 38 valence electrons. The highest BCUT2D eigenvalue weighted by molar-refractivity contribution is 7.97. The first-order valence-corrected chi connectivity index (χ1v) is 2.73. The predicted octanol–water partition coefficient (Wildman–Crippen LogP) is 1.18. The molecule has 0 bridgehead atoms. The molecule has 6 heavy (non-hydrogen) atoms. The van der Waals surface area contributed by atoms with E-state index in [4.69, 9.17) is 5.14 Å². The standard InChI is InChI=1S/C3H7NS.ClH/c4-5-3-1-2-3;/h3H,1-2,4H2;1H. The van der Waals surface area contributed by atoms with Crippen molar-refractivity contribution in [1.29, 1.82) is 0 Å². The van der Waals surface area contributed by atoms with Gasteiger partial charge < -0.3 is 0 Å². The average Bonchev–Trinajstić information content (AvgIpc) is 2.12. The maximum Gasteiger partial charge on any atom is 0.0191 e. The second-order valence-corrected chi connectivity index (χ2v) is 2.27. The Morgan fingerprint density at radius 3 is 2.00 bits per heavy atom. The van der Waals surface area contributed by atoms with Crippen LogP contribution < -0.4 is 5.14 Å². The van der Waals surface area contributed by atoms with Gasteiger partial charge in [0.05, 0.1) is 0 Å². The SMILES string of the molecule is Cl.NSC1CC1. The van der Waals surface area contributed by atoms with Crippen molar-refractivity contribution >= 4 is 24.4 Å². The molecule has 1 nitrogen and oxygen atoms in total. The van der Waals surface area contributed by atoms with Crippen molar-refractivity contribution in [2.45, 2.75) is 18.1 Å². The summed E-state index contributed by atoms with van der Waals surface area (Å²) < 4.78 is 0. The molecule has 0 unspecified atom stereocenters. The first kappa shape index (κ1) is 6.60. The topological polar surface area (TPSA) is 26.0 Å². The molecule has 0 aromatic rings. The minimum atomic E-state index is 0. The maximum atomic E-state index is 5.15. The van der Waals surface area contributed by atoms with Crippen LogP contribution in [0.3, 0.4) is 0 Å². The third kappa shape index (κ3) is 1.90. The summed E-state index contributed by atoms with van der Waals surface area (Å²) in [5, 5.41) is 5.98. The summed E-state index contributed by atoms with van der Waals surface area (Å²) in [5.41, 5.74) is 0. The molecule has 3 heteroatoms. The molecule has 0 aromatic carbocycles. The molecular weight excluding hydrogens is 118 g/mol. The van der Waals surface area contributed by atoms with Crippen LogP contribution in [0.25, 0.3) is 0 Å². The second-order valence-electron chi connectivity index (χ2n) is 1.34. The zero-order valence-corrected chi connectivity index (χ0v) is 5.02. The molecule has 0 aromatic heterocycles. The van der Waals surface area contributed by atoms with Crippen LogP contribution in [0, 0.1) is 0 Å². The minimum absolute atomic E-state index is 0. The summed E-state index contributed by atoms with van der Waals surface area (Å²) in [7, 11) is 0. The summed E-state index contributed by atoms with van der Waals surface area (Å²) in [6.45, 7) is 0. The average molecular weight is 126 g/mol. The fourth-order valence-electron chi connectivity index (χ4n) is 0.204. The van der Waals surface area contributed by atoms with Gasteiger partial charge >= 0.3 is 0 Å². The molecule has 1 fully saturated rings. The Kier molecular flexibility index (Phi) is 2.99. The Balaban J connectivity index is 0.000000250. The minimum Gasteiger partial charge on any atom is -0.278 e. The number of rotatable bonds is 1. The first-order chi connectivity index (χ1) is 2.43. The van der Waals surface area contributed by atoms with Gasteiger partial charge in [-0.3, -0.25) is 5.14 Å². The summed E-state index contributed by atoms with van der Waals surface area (Å²) >= 11 is 1.49. The lowest BCUT2D eigenvalue weighted by Gasteiger charge is -1.74. The van der Waals surface area contributed by atoms with Gasteiger partial charge in [0.15, 0.2) is 0 Å². The second kappa shape index (κ2) is 2.72. The van der Waals surface area contributed by atoms with E-state index < -0.39 is 0 Å². The lowest BCUT2D eigenvalue weighted by Crippen LogP contribution is -1.78. The van der Waals surface area contributed by atoms with Crippen molar-refractivity contribution in [3.05, 3.63) is 0 Å². The van der Waals surface area contributed by atoms with Crippen LogP contribution in [-0.4, -0.2) is 5.25 Å². The van der Waals surface area contributed by atoms with Gasteiger partial charge in [-0.15, -0.1) is 12.4 Å². The van der Waals surface area contributed by atoms with E-state index in [2.05, 4.69) is 0 Å². The monoisotopic (exact) mass is 125 g/mol.